The van der Waals surface area contributed by atoms with Gasteiger partial charge in [0.2, 0.25) is 0 Å². The number of amides is 1. The van der Waals surface area contributed by atoms with Gasteiger partial charge in [-0.25, -0.2) is 9.78 Å². The van der Waals surface area contributed by atoms with Gasteiger partial charge in [-0.05, 0) is 12.1 Å². The summed E-state index contributed by atoms with van der Waals surface area (Å²) in [5.41, 5.74) is 7.06. The van der Waals surface area contributed by atoms with Gasteiger partial charge in [0.25, 0.3) is 5.91 Å². The Bertz CT molecular complexity index is 687. The lowest BCUT2D eigenvalue weighted by atomic mass is 10.1. The van der Waals surface area contributed by atoms with Crippen molar-refractivity contribution in [1.82, 2.24) is 10.3 Å². The van der Waals surface area contributed by atoms with Gasteiger partial charge in [0, 0.05) is 18.2 Å². The Morgan fingerprint density at radius 2 is 2.14 bits per heavy atom. The van der Waals surface area contributed by atoms with E-state index in [1.165, 1.54) is 13.2 Å². The summed E-state index contributed by atoms with van der Waals surface area (Å²) < 4.78 is 4.73. The Balaban J connectivity index is 2.18. The average molecular weight is 289 g/mol. The van der Waals surface area contributed by atoms with Crippen LogP contribution in [-0.4, -0.2) is 41.7 Å². The van der Waals surface area contributed by atoms with Gasteiger partial charge in [0.15, 0.2) is 6.10 Å². The highest BCUT2D eigenvalue weighted by molar-refractivity contribution is 5.99. The molecule has 0 fully saturated rings. The average Bonchev–Trinajstić information content (AvgIpc) is 2.47. The summed E-state index contributed by atoms with van der Waals surface area (Å²) in [4.78, 5) is 27.0. The molecular formula is C14H15N3O4. The van der Waals surface area contributed by atoms with E-state index in [1.54, 1.807) is 12.1 Å². The lowest BCUT2D eigenvalue weighted by Crippen LogP contribution is -2.38. The maximum Gasteiger partial charge on any atom is 0.334 e. The molecule has 1 aromatic heterocycles. The number of carbonyl (C=O) groups is 2. The number of nitrogens with one attached hydrogen (secondary N) is 1. The lowest BCUT2D eigenvalue weighted by molar-refractivity contribution is -0.148. The minimum atomic E-state index is -1.15. The van der Waals surface area contributed by atoms with Crippen molar-refractivity contribution in [3.8, 4) is 0 Å². The van der Waals surface area contributed by atoms with E-state index in [2.05, 4.69) is 10.3 Å². The number of aliphatic carboxylic acids is 1. The fraction of sp³-hybridized carbons (Fsp3) is 0.214. The molecule has 1 atom stereocenters. The Morgan fingerprint density at radius 3 is 2.81 bits per heavy atom. The van der Waals surface area contributed by atoms with E-state index < -0.39 is 18.0 Å². The zero-order valence-corrected chi connectivity index (χ0v) is 11.4. The van der Waals surface area contributed by atoms with Crippen LogP contribution in [0.15, 0.2) is 30.3 Å². The van der Waals surface area contributed by atoms with Crippen LogP contribution in [0.4, 0.5) is 5.69 Å². The van der Waals surface area contributed by atoms with Crippen molar-refractivity contribution in [2.75, 3.05) is 19.4 Å². The Labute approximate surface area is 120 Å². The van der Waals surface area contributed by atoms with Gasteiger partial charge in [-0.15, -0.1) is 0 Å². The molecule has 0 radical (unpaired) electrons. The molecule has 21 heavy (non-hydrogen) atoms. The van der Waals surface area contributed by atoms with Crippen LogP contribution in [0.2, 0.25) is 0 Å². The number of fused-ring (bicyclic) bond motifs is 1. The van der Waals surface area contributed by atoms with E-state index >= 15 is 0 Å². The summed E-state index contributed by atoms with van der Waals surface area (Å²) in [6, 6.07) is 8.64. The number of rotatable bonds is 5. The normalized spacial score (nSPS) is 12.0. The predicted octanol–water partition coefficient (Wildman–Crippen LogP) is 0.646. The van der Waals surface area contributed by atoms with Crippen molar-refractivity contribution in [2.24, 2.45) is 0 Å². The summed E-state index contributed by atoms with van der Waals surface area (Å²) in [7, 11) is 1.26. The molecule has 0 aliphatic carbocycles. The number of pyridine rings is 1. The molecule has 2 aromatic rings. The molecule has 7 nitrogen and oxygen atoms in total. The Morgan fingerprint density at radius 1 is 1.43 bits per heavy atom. The van der Waals surface area contributed by atoms with Crippen LogP contribution < -0.4 is 11.1 Å². The molecule has 2 rings (SSSR count). The first-order valence-corrected chi connectivity index (χ1v) is 6.22. The summed E-state index contributed by atoms with van der Waals surface area (Å²) in [6.45, 7) is -0.154. The number of carboxylic acids is 1. The van der Waals surface area contributed by atoms with Crippen LogP contribution in [0.25, 0.3) is 10.9 Å². The molecule has 0 bridgehead atoms. The maximum absolute atomic E-state index is 12.0. The quantitative estimate of drug-likeness (QED) is 0.744. The third-order valence-electron chi connectivity index (χ3n) is 2.99. The highest BCUT2D eigenvalue weighted by atomic mass is 16.5. The highest BCUT2D eigenvalue weighted by Gasteiger charge is 2.18. The topological polar surface area (TPSA) is 115 Å². The molecule has 1 heterocycles. The minimum Gasteiger partial charge on any atom is -0.479 e. The van der Waals surface area contributed by atoms with Gasteiger partial charge >= 0.3 is 5.97 Å². The second-order valence-corrected chi connectivity index (χ2v) is 4.39. The highest BCUT2D eigenvalue weighted by Crippen LogP contribution is 2.19. The van der Waals surface area contributed by atoms with Crippen LogP contribution in [0.5, 0.6) is 0 Å². The van der Waals surface area contributed by atoms with Gasteiger partial charge in [-0.1, -0.05) is 18.2 Å². The number of hydrogen-bond donors (Lipinski definition) is 3. The van der Waals surface area contributed by atoms with Gasteiger partial charge < -0.3 is 20.9 Å². The summed E-state index contributed by atoms with van der Waals surface area (Å²) in [6.07, 6.45) is -1.10. The molecule has 0 aliphatic rings. The van der Waals surface area contributed by atoms with Crippen molar-refractivity contribution in [2.45, 2.75) is 6.10 Å². The number of hydrogen-bond acceptors (Lipinski definition) is 5. The van der Waals surface area contributed by atoms with Gasteiger partial charge in [0.05, 0.1) is 12.1 Å². The van der Waals surface area contributed by atoms with Crippen LogP contribution in [-0.2, 0) is 9.53 Å². The number of aromatic nitrogens is 1. The second-order valence-electron chi connectivity index (χ2n) is 4.39. The number of carbonyl (C=O) groups excluding carboxylic acids is 1. The standard InChI is InChI=1S/C14H15N3O4/c1-21-12(14(19)20)7-16-13(18)11-6-9(15)8-4-2-3-5-10(8)17-11/h2-6,12H,7H2,1H3,(H2,15,17)(H,16,18)(H,19,20). The zero-order valence-electron chi connectivity index (χ0n) is 11.4. The van der Waals surface area contributed by atoms with E-state index in [9.17, 15) is 9.59 Å². The number of nitrogens with zero attached hydrogens (tertiary/aromatic N) is 1. The number of benzene rings is 1. The molecule has 0 aliphatic heterocycles. The summed E-state index contributed by atoms with van der Waals surface area (Å²) >= 11 is 0. The van der Waals surface area contributed by atoms with Crippen molar-refractivity contribution in [1.29, 1.82) is 0 Å². The van der Waals surface area contributed by atoms with Crippen LogP contribution in [0, 0.1) is 0 Å². The molecule has 1 amide bonds. The van der Waals surface area contributed by atoms with E-state index in [0.717, 1.165) is 5.39 Å². The molecule has 0 spiro atoms. The predicted molar refractivity (Wildman–Crippen MR) is 76.9 cm³/mol. The van der Waals surface area contributed by atoms with Gasteiger partial charge in [-0.3, -0.25) is 4.79 Å². The number of nitrogen functional groups attached to an aromatic ring is 1. The number of para-hydroxylation sites is 1. The summed E-state index contributed by atoms with van der Waals surface area (Å²) in [5, 5.41) is 12.0. The molecule has 0 saturated carbocycles. The molecule has 0 saturated heterocycles. The molecule has 1 aromatic carbocycles. The number of nitrogens with two attached hydrogens (primary N) is 1. The van der Waals surface area contributed by atoms with Gasteiger partial charge in [-0.2, -0.15) is 0 Å². The van der Waals surface area contributed by atoms with Crippen LogP contribution in [0.1, 0.15) is 10.5 Å². The fourth-order valence-electron chi connectivity index (χ4n) is 1.87. The van der Waals surface area contributed by atoms with E-state index in [-0.39, 0.29) is 12.2 Å². The van der Waals surface area contributed by atoms with Crippen molar-refractivity contribution in [3.05, 3.63) is 36.0 Å². The van der Waals surface area contributed by atoms with Crippen molar-refractivity contribution >= 4 is 28.5 Å². The Hall–Kier alpha value is -2.67. The van der Waals surface area contributed by atoms with Crippen molar-refractivity contribution < 1.29 is 19.4 Å². The number of ether oxygens (including phenoxy) is 1. The molecule has 1 unspecified atom stereocenters. The van der Waals surface area contributed by atoms with E-state index in [0.29, 0.717) is 11.2 Å². The smallest absolute Gasteiger partial charge is 0.334 e. The first-order chi connectivity index (χ1) is 10.0. The first kappa shape index (κ1) is 14.7. The van der Waals surface area contributed by atoms with E-state index in [4.69, 9.17) is 15.6 Å². The lowest BCUT2D eigenvalue weighted by Gasteiger charge is -2.12. The molecular weight excluding hydrogens is 274 g/mol. The third kappa shape index (κ3) is 3.26. The van der Waals surface area contributed by atoms with Crippen molar-refractivity contribution in [3.63, 3.8) is 0 Å². The minimum absolute atomic E-state index is 0.131. The molecule has 4 N–H and O–H groups in total. The number of anilines is 1. The summed E-state index contributed by atoms with van der Waals surface area (Å²) in [5.74, 6) is -1.65. The van der Waals surface area contributed by atoms with Gasteiger partial charge in [0.1, 0.15) is 5.69 Å². The monoisotopic (exact) mass is 289 g/mol. The number of carboxylic acid groups (broad SMARTS) is 1. The van der Waals surface area contributed by atoms with Crippen LogP contribution >= 0.6 is 0 Å². The van der Waals surface area contributed by atoms with E-state index in [1.807, 2.05) is 12.1 Å². The zero-order chi connectivity index (χ0) is 15.4. The molecule has 110 valence electrons. The third-order valence-corrected chi connectivity index (χ3v) is 2.99. The maximum atomic E-state index is 12.0. The largest absolute Gasteiger partial charge is 0.479 e. The first-order valence-electron chi connectivity index (χ1n) is 6.22. The number of methoxy groups -OCH3 is 1. The molecule has 7 heteroatoms. The second kappa shape index (κ2) is 6.19. The van der Waals surface area contributed by atoms with Crippen LogP contribution in [0.3, 0.4) is 0 Å². The Kier molecular flexibility index (Phi) is 4.34. The fourth-order valence-corrected chi connectivity index (χ4v) is 1.87. The SMILES string of the molecule is COC(CNC(=O)c1cc(N)c2ccccc2n1)C(=O)O.